The Labute approximate surface area is 143 Å². The summed E-state index contributed by atoms with van der Waals surface area (Å²) < 4.78 is 4.85. The van der Waals surface area contributed by atoms with Crippen LogP contribution in [0.5, 0.6) is 0 Å². The van der Waals surface area contributed by atoms with Gasteiger partial charge in [0.15, 0.2) is 0 Å². The first-order valence-corrected chi connectivity index (χ1v) is 8.40. The maximum atomic E-state index is 12.4. The van der Waals surface area contributed by atoms with E-state index in [-0.39, 0.29) is 5.91 Å². The summed E-state index contributed by atoms with van der Waals surface area (Å²) in [7, 11) is 1.33. The van der Waals surface area contributed by atoms with Crippen molar-refractivity contribution in [3.8, 4) is 0 Å². The Hall–Kier alpha value is -2.60. The Bertz CT molecular complexity index is 881. The van der Waals surface area contributed by atoms with Crippen molar-refractivity contribution in [2.45, 2.75) is 19.4 Å². The standard InChI is InChI=1S/C18H18N2O3S/c1-11-7-8-16(24-11)17(21)20-15(18(22)23-2)9-12-10-19-14-6-4-3-5-13(12)14/h3-8,10,15,19H,9H2,1-2H3,(H,20,21). The second-order valence-electron chi connectivity index (χ2n) is 5.52. The lowest BCUT2D eigenvalue weighted by atomic mass is 10.0. The highest BCUT2D eigenvalue weighted by molar-refractivity contribution is 7.13. The number of benzene rings is 1. The molecule has 1 unspecified atom stereocenters. The number of carbonyl (C=O) groups is 2. The second-order valence-corrected chi connectivity index (χ2v) is 6.81. The van der Waals surface area contributed by atoms with Crippen LogP contribution in [0.15, 0.2) is 42.6 Å². The lowest BCUT2D eigenvalue weighted by Crippen LogP contribution is -2.42. The van der Waals surface area contributed by atoms with Crippen LogP contribution in [0.25, 0.3) is 10.9 Å². The molecule has 0 aliphatic carbocycles. The average Bonchev–Trinajstić information content (AvgIpc) is 3.20. The summed E-state index contributed by atoms with van der Waals surface area (Å²) in [6.07, 6.45) is 2.23. The molecule has 6 heteroatoms. The number of aromatic nitrogens is 1. The summed E-state index contributed by atoms with van der Waals surface area (Å²) in [6.45, 7) is 1.94. The van der Waals surface area contributed by atoms with Gasteiger partial charge in [-0.1, -0.05) is 18.2 Å². The van der Waals surface area contributed by atoms with Gasteiger partial charge in [-0.3, -0.25) is 4.79 Å². The van der Waals surface area contributed by atoms with Crippen LogP contribution in [0.1, 0.15) is 20.1 Å². The molecule has 2 heterocycles. The van der Waals surface area contributed by atoms with Crippen LogP contribution >= 0.6 is 11.3 Å². The van der Waals surface area contributed by atoms with E-state index < -0.39 is 12.0 Å². The minimum atomic E-state index is -0.732. The van der Waals surface area contributed by atoms with Gasteiger partial charge >= 0.3 is 5.97 Å². The minimum Gasteiger partial charge on any atom is -0.467 e. The predicted molar refractivity (Wildman–Crippen MR) is 94.3 cm³/mol. The van der Waals surface area contributed by atoms with Crippen LogP contribution in [0, 0.1) is 6.92 Å². The number of fused-ring (bicyclic) bond motifs is 1. The molecule has 0 spiro atoms. The van der Waals surface area contributed by atoms with Crippen molar-refractivity contribution in [3.05, 3.63) is 57.9 Å². The molecule has 0 saturated carbocycles. The first-order valence-electron chi connectivity index (χ1n) is 7.58. The number of hydrogen-bond donors (Lipinski definition) is 2. The van der Waals surface area contributed by atoms with Gasteiger partial charge < -0.3 is 15.0 Å². The van der Waals surface area contributed by atoms with Crippen LogP contribution in [0.3, 0.4) is 0 Å². The predicted octanol–water partition coefficient (Wildman–Crippen LogP) is 3.05. The molecule has 0 radical (unpaired) electrons. The number of esters is 1. The molecule has 0 saturated heterocycles. The van der Waals surface area contributed by atoms with Crippen molar-refractivity contribution in [1.82, 2.24) is 10.3 Å². The highest BCUT2D eigenvalue weighted by Crippen LogP contribution is 2.20. The molecule has 3 aromatic rings. The maximum absolute atomic E-state index is 12.4. The molecule has 2 N–H and O–H groups in total. The van der Waals surface area contributed by atoms with Crippen LogP contribution in [0.2, 0.25) is 0 Å². The Kier molecular flexibility index (Phi) is 4.66. The molecule has 2 aromatic heterocycles. The second kappa shape index (κ2) is 6.88. The number of amides is 1. The van der Waals surface area contributed by atoms with Gasteiger partial charge in [0.05, 0.1) is 12.0 Å². The van der Waals surface area contributed by atoms with E-state index in [4.69, 9.17) is 4.74 Å². The Balaban J connectivity index is 1.81. The van der Waals surface area contributed by atoms with Crippen molar-refractivity contribution in [3.63, 3.8) is 0 Å². The van der Waals surface area contributed by atoms with Gasteiger partial charge in [0, 0.05) is 28.4 Å². The third kappa shape index (κ3) is 3.33. The van der Waals surface area contributed by atoms with Crippen molar-refractivity contribution in [2.24, 2.45) is 0 Å². The van der Waals surface area contributed by atoms with E-state index in [0.29, 0.717) is 11.3 Å². The number of hydrogen-bond acceptors (Lipinski definition) is 4. The fourth-order valence-electron chi connectivity index (χ4n) is 2.64. The molecular weight excluding hydrogens is 324 g/mol. The van der Waals surface area contributed by atoms with Gasteiger partial charge in [0.25, 0.3) is 5.91 Å². The number of rotatable bonds is 5. The molecule has 1 aromatic carbocycles. The van der Waals surface area contributed by atoms with Gasteiger partial charge in [-0.25, -0.2) is 4.79 Å². The van der Waals surface area contributed by atoms with E-state index >= 15 is 0 Å². The average molecular weight is 342 g/mol. The first kappa shape index (κ1) is 16.3. The number of nitrogens with one attached hydrogen (secondary N) is 2. The number of H-pyrrole nitrogens is 1. The summed E-state index contributed by atoms with van der Waals surface area (Å²) in [6, 6.07) is 10.8. The molecule has 124 valence electrons. The van der Waals surface area contributed by atoms with E-state index in [1.165, 1.54) is 18.4 Å². The van der Waals surface area contributed by atoms with Gasteiger partial charge in [0.2, 0.25) is 0 Å². The van der Waals surface area contributed by atoms with Gasteiger partial charge in [0.1, 0.15) is 6.04 Å². The van der Waals surface area contributed by atoms with Gasteiger partial charge in [-0.15, -0.1) is 11.3 Å². The molecule has 0 aliphatic rings. The Morgan fingerprint density at radius 2 is 2.04 bits per heavy atom. The quantitative estimate of drug-likeness (QED) is 0.700. The summed E-state index contributed by atoms with van der Waals surface area (Å²) in [5.74, 6) is -0.717. The lowest BCUT2D eigenvalue weighted by molar-refractivity contribution is -0.142. The van der Waals surface area contributed by atoms with Gasteiger partial charge in [-0.2, -0.15) is 0 Å². The monoisotopic (exact) mass is 342 g/mol. The number of aryl methyl sites for hydroxylation is 1. The minimum absolute atomic E-state index is 0.261. The fourth-order valence-corrected chi connectivity index (χ4v) is 3.41. The summed E-state index contributed by atoms with van der Waals surface area (Å²) >= 11 is 1.40. The Morgan fingerprint density at radius 3 is 2.75 bits per heavy atom. The highest BCUT2D eigenvalue weighted by atomic mass is 32.1. The zero-order chi connectivity index (χ0) is 17.1. The molecule has 0 fully saturated rings. The first-order chi connectivity index (χ1) is 11.6. The number of methoxy groups -OCH3 is 1. The van der Waals surface area contributed by atoms with Crippen LogP contribution in [-0.2, 0) is 16.0 Å². The fraction of sp³-hybridized carbons (Fsp3) is 0.222. The summed E-state index contributed by atoms with van der Waals surface area (Å²) in [5.41, 5.74) is 1.96. The van der Waals surface area contributed by atoms with Crippen LogP contribution < -0.4 is 5.32 Å². The number of ether oxygens (including phenoxy) is 1. The van der Waals surface area contributed by atoms with Crippen LogP contribution in [0.4, 0.5) is 0 Å². The largest absolute Gasteiger partial charge is 0.467 e. The van der Waals surface area contributed by atoms with E-state index in [9.17, 15) is 9.59 Å². The number of aromatic amines is 1. The lowest BCUT2D eigenvalue weighted by Gasteiger charge is -2.15. The summed E-state index contributed by atoms with van der Waals surface area (Å²) in [4.78, 5) is 29.3. The van der Waals surface area contributed by atoms with Crippen molar-refractivity contribution < 1.29 is 14.3 Å². The molecule has 1 atom stereocenters. The number of thiophene rings is 1. The smallest absolute Gasteiger partial charge is 0.328 e. The van der Waals surface area contributed by atoms with Crippen LogP contribution in [-0.4, -0.2) is 30.0 Å². The normalized spacial score (nSPS) is 12.1. The molecule has 0 aliphatic heterocycles. The maximum Gasteiger partial charge on any atom is 0.328 e. The van der Waals surface area contributed by atoms with E-state index in [0.717, 1.165) is 21.3 Å². The summed E-state index contributed by atoms with van der Waals surface area (Å²) in [5, 5.41) is 3.82. The van der Waals surface area contributed by atoms with Gasteiger partial charge in [-0.05, 0) is 30.7 Å². The molecule has 1 amide bonds. The van der Waals surface area contributed by atoms with Crippen molar-refractivity contribution in [2.75, 3.05) is 7.11 Å². The van der Waals surface area contributed by atoms with Crippen molar-refractivity contribution in [1.29, 1.82) is 0 Å². The molecule has 5 nitrogen and oxygen atoms in total. The zero-order valence-electron chi connectivity index (χ0n) is 13.5. The molecule has 0 bridgehead atoms. The van der Waals surface area contributed by atoms with E-state index in [1.807, 2.05) is 43.5 Å². The highest BCUT2D eigenvalue weighted by Gasteiger charge is 2.24. The Morgan fingerprint density at radius 1 is 1.25 bits per heavy atom. The zero-order valence-corrected chi connectivity index (χ0v) is 14.3. The third-order valence-electron chi connectivity index (χ3n) is 3.85. The SMILES string of the molecule is COC(=O)C(Cc1c[nH]c2ccccc12)NC(=O)c1ccc(C)s1. The number of para-hydroxylation sites is 1. The third-order valence-corrected chi connectivity index (χ3v) is 4.85. The van der Waals surface area contributed by atoms with E-state index in [1.54, 1.807) is 6.07 Å². The number of carbonyl (C=O) groups excluding carboxylic acids is 2. The molecular formula is C18H18N2O3S. The molecule has 24 heavy (non-hydrogen) atoms. The van der Waals surface area contributed by atoms with E-state index in [2.05, 4.69) is 10.3 Å². The topological polar surface area (TPSA) is 71.2 Å². The molecule has 3 rings (SSSR count). The van der Waals surface area contributed by atoms with Crippen molar-refractivity contribution >= 4 is 34.1 Å².